The molecule has 0 fully saturated rings. The summed E-state index contributed by atoms with van der Waals surface area (Å²) in [5.41, 5.74) is 3.21. The summed E-state index contributed by atoms with van der Waals surface area (Å²) in [6.07, 6.45) is 0.251. The molecule has 0 aliphatic heterocycles. The van der Waals surface area contributed by atoms with Gasteiger partial charge in [-0.1, -0.05) is 41.9 Å². The van der Waals surface area contributed by atoms with Crippen molar-refractivity contribution in [3.63, 3.8) is 0 Å². The zero-order valence-electron chi connectivity index (χ0n) is 17.3. The fourth-order valence-electron chi connectivity index (χ4n) is 3.49. The van der Waals surface area contributed by atoms with Crippen LogP contribution in [-0.4, -0.2) is 26.2 Å². The maximum Gasteiger partial charge on any atom is 0.257 e. The van der Waals surface area contributed by atoms with Gasteiger partial charge >= 0.3 is 0 Å². The van der Waals surface area contributed by atoms with Crippen LogP contribution in [0.15, 0.2) is 63.8 Å². The molecule has 2 heterocycles. The fourth-order valence-corrected chi connectivity index (χ4v) is 3.62. The Morgan fingerprint density at radius 1 is 1.00 bits per heavy atom. The highest BCUT2D eigenvalue weighted by Crippen LogP contribution is 2.25. The van der Waals surface area contributed by atoms with Gasteiger partial charge in [0.1, 0.15) is 17.3 Å². The van der Waals surface area contributed by atoms with Crippen molar-refractivity contribution in [2.75, 3.05) is 6.61 Å². The van der Waals surface area contributed by atoms with Gasteiger partial charge in [-0.25, -0.2) is 9.97 Å². The van der Waals surface area contributed by atoms with Gasteiger partial charge in [-0.15, -0.1) is 0 Å². The minimum absolute atomic E-state index is 0.119. The second-order valence-corrected chi connectivity index (χ2v) is 7.70. The summed E-state index contributed by atoms with van der Waals surface area (Å²) in [5.74, 6) is 1.65. The van der Waals surface area contributed by atoms with Crippen molar-refractivity contribution in [2.24, 2.45) is 0 Å². The number of hydrogen-bond donors (Lipinski definition) is 1. The molecule has 0 spiro atoms. The van der Waals surface area contributed by atoms with E-state index in [1.807, 2.05) is 49.4 Å². The molecule has 0 radical (unpaired) electrons. The molecule has 0 aliphatic rings. The molecule has 2 aromatic heterocycles. The van der Waals surface area contributed by atoms with Crippen molar-refractivity contribution >= 4 is 11.6 Å². The Hall–Kier alpha value is -3.22. The zero-order chi connectivity index (χ0) is 22.0. The van der Waals surface area contributed by atoms with Crippen molar-refractivity contribution in [3.05, 3.63) is 92.7 Å². The van der Waals surface area contributed by atoms with Crippen molar-refractivity contribution in [3.8, 4) is 22.8 Å². The Labute approximate surface area is 184 Å². The third-order valence-corrected chi connectivity index (χ3v) is 5.41. The molecule has 6 nitrogen and oxygen atoms in total. The van der Waals surface area contributed by atoms with Gasteiger partial charge in [0.15, 0.2) is 0 Å². The normalized spacial score (nSPS) is 11.1. The molecule has 158 valence electrons. The van der Waals surface area contributed by atoms with Gasteiger partial charge < -0.3 is 9.52 Å². The SMILES string of the molecule is Cc1nc(-c2ccccc2)n(Cc2nc(-c3ccc(Cl)cc3)oc2C)c(=O)c1CCO. The van der Waals surface area contributed by atoms with E-state index in [1.54, 1.807) is 23.6 Å². The Bertz CT molecular complexity index is 1260. The van der Waals surface area contributed by atoms with Crippen LogP contribution in [0.4, 0.5) is 0 Å². The molecule has 2 aromatic carbocycles. The largest absolute Gasteiger partial charge is 0.441 e. The zero-order valence-corrected chi connectivity index (χ0v) is 18.1. The summed E-state index contributed by atoms with van der Waals surface area (Å²) in [4.78, 5) is 22.7. The predicted molar refractivity (Wildman–Crippen MR) is 120 cm³/mol. The van der Waals surface area contributed by atoms with Crippen molar-refractivity contribution < 1.29 is 9.52 Å². The van der Waals surface area contributed by atoms with E-state index < -0.39 is 0 Å². The van der Waals surface area contributed by atoms with Gasteiger partial charge in [0.25, 0.3) is 5.56 Å². The van der Waals surface area contributed by atoms with Gasteiger partial charge in [0.05, 0.1) is 6.54 Å². The van der Waals surface area contributed by atoms with Gasteiger partial charge in [-0.2, -0.15) is 0 Å². The van der Waals surface area contributed by atoms with E-state index in [2.05, 4.69) is 4.98 Å². The monoisotopic (exact) mass is 435 g/mol. The van der Waals surface area contributed by atoms with Crippen LogP contribution in [0.25, 0.3) is 22.8 Å². The average molecular weight is 436 g/mol. The number of aliphatic hydroxyl groups excluding tert-OH is 1. The summed E-state index contributed by atoms with van der Waals surface area (Å²) >= 11 is 5.98. The number of halogens is 1. The number of aliphatic hydroxyl groups is 1. The first-order chi connectivity index (χ1) is 15.0. The molecule has 0 amide bonds. The number of nitrogens with zero attached hydrogens (tertiary/aromatic N) is 3. The van der Waals surface area contributed by atoms with Crippen LogP contribution in [0.3, 0.4) is 0 Å². The van der Waals surface area contributed by atoms with Gasteiger partial charge in [-0.3, -0.25) is 9.36 Å². The predicted octanol–water partition coefficient (Wildman–Crippen LogP) is 4.42. The average Bonchev–Trinajstić information content (AvgIpc) is 3.14. The topological polar surface area (TPSA) is 81.2 Å². The number of aryl methyl sites for hydroxylation is 2. The van der Waals surface area contributed by atoms with E-state index in [1.165, 1.54) is 0 Å². The fraction of sp³-hybridized carbons (Fsp3) is 0.208. The Morgan fingerprint density at radius 2 is 1.71 bits per heavy atom. The van der Waals surface area contributed by atoms with E-state index in [0.29, 0.717) is 39.4 Å². The molecule has 4 rings (SSSR count). The molecule has 0 atom stereocenters. The highest BCUT2D eigenvalue weighted by atomic mass is 35.5. The summed E-state index contributed by atoms with van der Waals surface area (Å²) in [6.45, 7) is 3.71. The lowest BCUT2D eigenvalue weighted by Gasteiger charge is -2.15. The highest BCUT2D eigenvalue weighted by Gasteiger charge is 2.19. The first-order valence-electron chi connectivity index (χ1n) is 9.96. The number of benzene rings is 2. The number of hydrogen-bond acceptors (Lipinski definition) is 5. The van der Waals surface area contributed by atoms with E-state index in [4.69, 9.17) is 21.0 Å². The first-order valence-corrected chi connectivity index (χ1v) is 10.3. The van der Waals surface area contributed by atoms with Crippen LogP contribution < -0.4 is 5.56 Å². The molecule has 1 N–H and O–H groups in total. The van der Waals surface area contributed by atoms with E-state index in [9.17, 15) is 9.90 Å². The molecule has 0 saturated carbocycles. The molecule has 7 heteroatoms. The summed E-state index contributed by atoms with van der Waals surface area (Å²) in [6, 6.07) is 16.8. The molecule has 0 unspecified atom stereocenters. The third kappa shape index (κ3) is 4.31. The number of rotatable bonds is 6. The second-order valence-electron chi connectivity index (χ2n) is 7.26. The minimum atomic E-state index is -0.184. The minimum Gasteiger partial charge on any atom is -0.441 e. The maximum atomic E-state index is 13.3. The van der Waals surface area contributed by atoms with Crippen LogP contribution in [0.1, 0.15) is 22.7 Å². The van der Waals surface area contributed by atoms with E-state index >= 15 is 0 Å². The second kappa shape index (κ2) is 8.88. The van der Waals surface area contributed by atoms with Crippen LogP contribution in [0.2, 0.25) is 5.02 Å². The quantitative estimate of drug-likeness (QED) is 0.485. The molecule has 0 saturated heterocycles. The van der Waals surface area contributed by atoms with Crippen LogP contribution in [0.5, 0.6) is 0 Å². The molecular weight excluding hydrogens is 414 g/mol. The molecule has 0 aliphatic carbocycles. The number of aromatic nitrogens is 3. The smallest absolute Gasteiger partial charge is 0.257 e. The third-order valence-electron chi connectivity index (χ3n) is 5.15. The standard InChI is InChI=1S/C24H22ClN3O3/c1-15-20(12-13-29)24(30)28(22(26-15)17-6-4-3-5-7-17)14-21-16(2)31-23(27-21)18-8-10-19(25)11-9-18/h3-11,29H,12-14H2,1-2H3. The maximum absolute atomic E-state index is 13.3. The summed E-state index contributed by atoms with van der Waals surface area (Å²) in [7, 11) is 0. The van der Waals surface area contributed by atoms with E-state index in [0.717, 1.165) is 11.1 Å². The van der Waals surface area contributed by atoms with Crippen molar-refractivity contribution in [1.82, 2.24) is 14.5 Å². The van der Waals surface area contributed by atoms with Gasteiger partial charge in [0.2, 0.25) is 5.89 Å². The van der Waals surface area contributed by atoms with Crippen LogP contribution >= 0.6 is 11.6 Å². The molecule has 4 aromatic rings. The molecule has 0 bridgehead atoms. The Kier molecular flexibility index (Phi) is 6.02. The molecule has 31 heavy (non-hydrogen) atoms. The Balaban J connectivity index is 1.81. The number of oxazole rings is 1. The van der Waals surface area contributed by atoms with Crippen molar-refractivity contribution in [1.29, 1.82) is 0 Å². The lowest BCUT2D eigenvalue weighted by atomic mass is 10.1. The van der Waals surface area contributed by atoms with Gasteiger partial charge in [-0.05, 0) is 38.1 Å². The van der Waals surface area contributed by atoms with Crippen molar-refractivity contribution in [2.45, 2.75) is 26.8 Å². The first kappa shape index (κ1) is 21.0. The summed E-state index contributed by atoms with van der Waals surface area (Å²) < 4.78 is 7.47. The lowest BCUT2D eigenvalue weighted by molar-refractivity contribution is 0.298. The van der Waals surface area contributed by atoms with E-state index in [-0.39, 0.29) is 25.1 Å². The lowest BCUT2D eigenvalue weighted by Crippen LogP contribution is -2.29. The van der Waals surface area contributed by atoms with Crippen LogP contribution in [-0.2, 0) is 13.0 Å². The summed E-state index contributed by atoms with van der Waals surface area (Å²) in [5, 5.41) is 10.0. The van der Waals surface area contributed by atoms with Crippen LogP contribution in [0, 0.1) is 13.8 Å². The Morgan fingerprint density at radius 3 is 2.39 bits per heavy atom. The molecular formula is C24H22ClN3O3. The van der Waals surface area contributed by atoms with Gasteiger partial charge in [0, 0.05) is 40.4 Å². The highest BCUT2D eigenvalue weighted by molar-refractivity contribution is 6.30.